The van der Waals surface area contributed by atoms with Gasteiger partial charge in [-0.15, -0.1) is 0 Å². The van der Waals surface area contributed by atoms with Crippen molar-refractivity contribution in [3.8, 4) is 0 Å². The lowest BCUT2D eigenvalue weighted by Crippen LogP contribution is -2.45. The van der Waals surface area contributed by atoms with Gasteiger partial charge in [0.15, 0.2) is 0 Å². The second-order valence-electron chi connectivity index (χ2n) is 20.7. The van der Waals surface area contributed by atoms with Crippen LogP contribution >= 0.6 is 0 Å². The molecule has 2 atom stereocenters. The lowest BCUT2D eigenvalue weighted by atomic mass is 10.0. The number of hydrogen-bond acceptors (Lipinski definition) is 5. The third-order valence-corrected chi connectivity index (χ3v) is 13.9. The highest BCUT2D eigenvalue weighted by molar-refractivity contribution is 5.76. The molecule has 6 nitrogen and oxygen atoms in total. The van der Waals surface area contributed by atoms with Gasteiger partial charge in [0.05, 0.1) is 25.4 Å². The molecular weight excluding hydrogens is 839 g/mol. The molecule has 2 unspecified atom stereocenters. The van der Waals surface area contributed by atoms with Crippen molar-refractivity contribution < 1.29 is 24.5 Å². The van der Waals surface area contributed by atoms with Crippen molar-refractivity contribution in [1.82, 2.24) is 5.32 Å². The zero-order valence-electron chi connectivity index (χ0n) is 45.6. The van der Waals surface area contributed by atoms with Crippen LogP contribution in [0.4, 0.5) is 0 Å². The Hall–Kier alpha value is -1.92. The Morgan fingerprint density at radius 1 is 0.412 bits per heavy atom. The summed E-state index contributed by atoms with van der Waals surface area (Å²) >= 11 is 0. The third-order valence-electron chi connectivity index (χ3n) is 13.9. The Morgan fingerprint density at radius 2 is 0.735 bits per heavy atom. The van der Waals surface area contributed by atoms with E-state index in [9.17, 15) is 19.8 Å². The average molecular weight is 957 g/mol. The van der Waals surface area contributed by atoms with E-state index in [4.69, 9.17) is 4.74 Å². The molecule has 68 heavy (non-hydrogen) atoms. The van der Waals surface area contributed by atoms with Crippen molar-refractivity contribution in [3.63, 3.8) is 0 Å². The van der Waals surface area contributed by atoms with E-state index in [1.54, 1.807) is 0 Å². The van der Waals surface area contributed by atoms with Crippen molar-refractivity contribution in [3.05, 3.63) is 36.5 Å². The minimum absolute atomic E-state index is 0.00334. The summed E-state index contributed by atoms with van der Waals surface area (Å²) in [6, 6.07) is -0.549. The summed E-state index contributed by atoms with van der Waals surface area (Å²) < 4.78 is 5.48. The fourth-order valence-electron chi connectivity index (χ4n) is 9.25. The minimum Gasteiger partial charge on any atom is -0.466 e. The van der Waals surface area contributed by atoms with E-state index >= 15 is 0 Å². The average Bonchev–Trinajstić information content (AvgIpc) is 3.34. The SMILES string of the molecule is CCCCCC/C=C\C/C=C\CCCCCCCCCC(=O)OCCCCCCCCCC/C=C\CCCCCCCCCC(=O)NC(CO)C(O)CCCCCCCCCCCCCCCC. The molecule has 0 aliphatic carbocycles. The lowest BCUT2D eigenvalue weighted by molar-refractivity contribution is -0.143. The number of hydrogen-bond donors (Lipinski definition) is 3. The summed E-state index contributed by atoms with van der Waals surface area (Å²) in [5.41, 5.74) is 0. The zero-order chi connectivity index (χ0) is 49.3. The number of esters is 1. The molecule has 0 rings (SSSR count). The van der Waals surface area contributed by atoms with Gasteiger partial charge in [0, 0.05) is 12.8 Å². The number of amides is 1. The van der Waals surface area contributed by atoms with Crippen LogP contribution in [-0.4, -0.2) is 47.4 Å². The zero-order valence-corrected chi connectivity index (χ0v) is 45.6. The van der Waals surface area contributed by atoms with Crippen molar-refractivity contribution >= 4 is 11.9 Å². The minimum atomic E-state index is -0.670. The smallest absolute Gasteiger partial charge is 0.305 e. The number of carbonyl (C=O) groups is 2. The first-order valence-electron chi connectivity index (χ1n) is 30.2. The van der Waals surface area contributed by atoms with Crippen LogP contribution in [0.2, 0.25) is 0 Å². The highest BCUT2D eigenvalue weighted by atomic mass is 16.5. The topological polar surface area (TPSA) is 95.9 Å². The summed E-state index contributed by atoms with van der Waals surface area (Å²) in [7, 11) is 0. The molecule has 1 amide bonds. The number of ether oxygens (including phenoxy) is 1. The van der Waals surface area contributed by atoms with Gasteiger partial charge in [0.1, 0.15) is 0 Å². The van der Waals surface area contributed by atoms with Gasteiger partial charge in [-0.2, -0.15) is 0 Å². The van der Waals surface area contributed by atoms with Crippen LogP contribution in [0.5, 0.6) is 0 Å². The number of aliphatic hydroxyl groups excluding tert-OH is 2. The fourth-order valence-corrected chi connectivity index (χ4v) is 9.25. The molecule has 0 aromatic rings. The first-order chi connectivity index (χ1) is 33.5. The molecule has 0 heterocycles. The van der Waals surface area contributed by atoms with Gasteiger partial charge in [0.2, 0.25) is 5.91 Å². The van der Waals surface area contributed by atoms with Gasteiger partial charge >= 0.3 is 5.97 Å². The van der Waals surface area contributed by atoms with Crippen LogP contribution in [0.3, 0.4) is 0 Å². The number of allylic oxidation sites excluding steroid dienone is 6. The maximum atomic E-state index is 12.5. The second-order valence-corrected chi connectivity index (χ2v) is 20.7. The van der Waals surface area contributed by atoms with Crippen LogP contribution in [0.25, 0.3) is 0 Å². The molecule has 0 fully saturated rings. The van der Waals surface area contributed by atoms with Gasteiger partial charge in [0.25, 0.3) is 0 Å². The molecule has 400 valence electrons. The molecule has 6 heteroatoms. The van der Waals surface area contributed by atoms with Crippen LogP contribution in [0, 0.1) is 0 Å². The van der Waals surface area contributed by atoms with Gasteiger partial charge in [-0.25, -0.2) is 0 Å². The number of rotatable bonds is 56. The summed E-state index contributed by atoms with van der Waals surface area (Å²) in [6.07, 6.45) is 71.4. The molecule has 0 saturated heterocycles. The van der Waals surface area contributed by atoms with E-state index in [1.165, 1.54) is 238 Å². The molecule has 3 N–H and O–H groups in total. The van der Waals surface area contributed by atoms with Crippen molar-refractivity contribution in [2.75, 3.05) is 13.2 Å². The van der Waals surface area contributed by atoms with Crippen LogP contribution in [0.15, 0.2) is 36.5 Å². The van der Waals surface area contributed by atoms with E-state index in [-0.39, 0.29) is 18.5 Å². The van der Waals surface area contributed by atoms with E-state index in [0.29, 0.717) is 25.9 Å². The van der Waals surface area contributed by atoms with E-state index in [0.717, 1.165) is 51.4 Å². The molecule has 0 spiro atoms. The Balaban J connectivity index is 3.43. The highest BCUT2D eigenvalue weighted by Crippen LogP contribution is 2.17. The van der Waals surface area contributed by atoms with Gasteiger partial charge in [-0.05, 0) is 83.5 Å². The normalized spacial score (nSPS) is 12.8. The van der Waals surface area contributed by atoms with E-state index in [1.807, 2.05) is 0 Å². The second kappa shape index (κ2) is 57.7. The van der Waals surface area contributed by atoms with Crippen molar-refractivity contribution in [1.29, 1.82) is 0 Å². The summed E-state index contributed by atoms with van der Waals surface area (Å²) in [5.74, 6) is -0.0475. The molecule has 0 aliphatic rings. The molecule has 0 saturated carbocycles. The van der Waals surface area contributed by atoms with Gasteiger partial charge < -0.3 is 20.3 Å². The molecule has 0 radical (unpaired) electrons. The first-order valence-corrected chi connectivity index (χ1v) is 30.2. The van der Waals surface area contributed by atoms with Crippen molar-refractivity contribution in [2.24, 2.45) is 0 Å². The van der Waals surface area contributed by atoms with Crippen LogP contribution in [-0.2, 0) is 14.3 Å². The summed E-state index contributed by atoms with van der Waals surface area (Å²) in [4.78, 5) is 24.5. The van der Waals surface area contributed by atoms with E-state index in [2.05, 4.69) is 55.6 Å². The molecule has 0 bridgehead atoms. The molecular formula is C62H117NO5. The Kier molecular flexibility index (Phi) is 56.0. The number of carbonyl (C=O) groups excluding carboxylic acids is 2. The number of unbranched alkanes of at least 4 members (excludes halogenated alkanes) is 39. The third kappa shape index (κ3) is 53.4. The Labute approximate surface area is 424 Å². The predicted molar refractivity (Wildman–Crippen MR) is 296 cm³/mol. The maximum Gasteiger partial charge on any atom is 0.305 e. The van der Waals surface area contributed by atoms with Crippen LogP contribution in [0.1, 0.15) is 322 Å². The Bertz CT molecular complexity index is 1100. The summed E-state index contributed by atoms with van der Waals surface area (Å²) in [5, 5.41) is 23.3. The number of aliphatic hydroxyl groups is 2. The molecule has 0 aromatic heterocycles. The largest absolute Gasteiger partial charge is 0.466 e. The van der Waals surface area contributed by atoms with Crippen LogP contribution < -0.4 is 5.32 Å². The summed E-state index contributed by atoms with van der Waals surface area (Å²) in [6.45, 7) is 4.93. The first kappa shape index (κ1) is 66.1. The van der Waals surface area contributed by atoms with Gasteiger partial charge in [-0.1, -0.05) is 262 Å². The standard InChI is InChI=1S/C62H117NO5/c1-3-5-7-9-11-13-15-17-19-20-25-28-32-36-40-44-48-52-56-62(67)68-57-53-49-45-41-37-33-29-26-23-21-22-24-27-31-35-39-43-47-51-55-61(66)63-59(58-64)60(65)54-50-46-42-38-34-30-18-16-14-12-10-8-6-4-2/h13,15,19-22,59-60,64-65H,3-12,14,16-18,23-58H2,1-2H3,(H,63,66)/b15-13-,20-19-,22-21-. The van der Waals surface area contributed by atoms with E-state index < -0.39 is 12.1 Å². The highest BCUT2D eigenvalue weighted by Gasteiger charge is 2.20. The lowest BCUT2D eigenvalue weighted by Gasteiger charge is -2.22. The Morgan fingerprint density at radius 3 is 1.15 bits per heavy atom. The quantitative estimate of drug-likeness (QED) is 0.0321. The number of nitrogens with one attached hydrogen (secondary N) is 1. The molecule has 0 aromatic carbocycles. The van der Waals surface area contributed by atoms with Crippen molar-refractivity contribution in [2.45, 2.75) is 334 Å². The monoisotopic (exact) mass is 956 g/mol. The predicted octanol–water partition coefficient (Wildman–Crippen LogP) is 18.8. The molecule has 0 aliphatic heterocycles. The maximum absolute atomic E-state index is 12.5. The fraction of sp³-hybridized carbons (Fsp3) is 0.871. The van der Waals surface area contributed by atoms with Gasteiger partial charge in [-0.3, -0.25) is 9.59 Å².